The van der Waals surface area contributed by atoms with Crippen LogP contribution in [0.5, 0.6) is 5.75 Å². The normalized spacial score (nSPS) is 14.2. The van der Waals surface area contributed by atoms with E-state index in [2.05, 4.69) is 10.1 Å². The highest BCUT2D eigenvalue weighted by Gasteiger charge is 2.31. The molecule has 0 saturated heterocycles. The van der Waals surface area contributed by atoms with Crippen molar-refractivity contribution in [1.29, 1.82) is 0 Å². The SMILES string of the molecule is Cc1c(C(=O)Nc2cccc(OC(F)(F)F)c2)oc2c1C(=O)CCC2. The maximum Gasteiger partial charge on any atom is 0.573 e. The number of rotatable bonds is 3. The fourth-order valence-corrected chi connectivity index (χ4v) is 2.82. The summed E-state index contributed by atoms with van der Waals surface area (Å²) in [6.45, 7) is 1.61. The smallest absolute Gasteiger partial charge is 0.455 e. The van der Waals surface area contributed by atoms with Crippen molar-refractivity contribution in [3.8, 4) is 5.75 Å². The van der Waals surface area contributed by atoms with Crippen LogP contribution in [-0.2, 0) is 6.42 Å². The molecule has 2 aromatic rings. The number of hydrogen-bond donors (Lipinski definition) is 1. The molecule has 1 aromatic carbocycles. The summed E-state index contributed by atoms with van der Waals surface area (Å²) in [7, 11) is 0. The van der Waals surface area contributed by atoms with Crippen LogP contribution in [0.4, 0.5) is 18.9 Å². The number of aryl methyl sites for hydroxylation is 1. The number of furan rings is 1. The molecule has 0 fully saturated rings. The van der Waals surface area contributed by atoms with Crippen molar-refractivity contribution in [3.05, 3.63) is 46.9 Å². The lowest BCUT2D eigenvalue weighted by Gasteiger charge is -2.10. The van der Waals surface area contributed by atoms with Gasteiger partial charge < -0.3 is 14.5 Å². The minimum Gasteiger partial charge on any atom is -0.455 e. The van der Waals surface area contributed by atoms with Crippen molar-refractivity contribution in [2.45, 2.75) is 32.5 Å². The molecule has 0 spiro atoms. The van der Waals surface area contributed by atoms with Gasteiger partial charge >= 0.3 is 6.36 Å². The fourth-order valence-electron chi connectivity index (χ4n) is 2.82. The molecular weight excluding hydrogens is 339 g/mol. The van der Waals surface area contributed by atoms with E-state index in [4.69, 9.17) is 4.42 Å². The number of Topliss-reactive ketones (excluding diaryl/α,β-unsaturated/α-hetero) is 1. The molecule has 1 N–H and O–H groups in total. The molecule has 0 unspecified atom stereocenters. The van der Waals surface area contributed by atoms with Crippen LogP contribution in [0.3, 0.4) is 0 Å². The summed E-state index contributed by atoms with van der Waals surface area (Å²) in [5.41, 5.74) is 0.998. The molecule has 132 valence electrons. The van der Waals surface area contributed by atoms with Gasteiger partial charge in [0.1, 0.15) is 11.5 Å². The number of anilines is 1. The highest BCUT2D eigenvalue weighted by Crippen LogP contribution is 2.30. The molecule has 0 bridgehead atoms. The quantitative estimate of drug-likeness (QED) is 0.895. The van der Waals surface area contributed by atoms with Crippen LogP contribution in [0.2, 0.25) is 0 Å². The molecule has 5 nitrogen and oxygen atoms in total. The summed E-state index contributed by atoms with van der Waals surface area (Å²) >= 11 is 0. The number of amides is 1. The van der Waals surface area contributed by atoms with Crippen molar-refractivity contribution >= 4 is 17.4 Å². The molecule has 0 aliphatic heterocycles. The molecule has 3 rings (SSSR count). The zero-order chi connectivity index (χ0) is 18.2. The van der Waals surface area contributed by atoms with Crippen molar-refractivity contribution < 1.29 is 31.9 Å². The number of alkyl halides is 3. The molecule has 1 aromatic heterocycles. The fraction of sp³-hybridized carbons (Fsp3) is 0.294. The van der Waals surface area contributed by atoms with E-state index in [0.29, 0.717) is 36.1 Å². The lowest BCUT2D eigenvalue weighted by molar-refractivity contribution is -0.274. The minimum absolute atomic E-state index is 0.0117. The van der Waals surface area contributed by atoms with Crippen molar-refractivity contribution in [2.75, 3.05) is 5.32 Å². The molecule has 0 radical (unpaired) electrons. The van der Waals surface area contributed by atoms with Gasteiger partial charge in [-0.05, 0) is 25.5 Å². The summed E-state index contributed by atoms with van der Waals surface area (Å²) in [6.07, 6.45) is -3.17. The largest absolute Gasteiger partial charge is 0.573 e. The van der Waals surface area contributed by atoms with E-state index in [0.717, 1.165) is 12.1 Å². The van der Waals surface area contributed by atoms with E-state index >= 15 is 0 Å². The van der Waals surface area contributed by atoms with Crippen LogP contribution in [-0.4, -0.2) is 18.1 Å². The number of fused-ring (bicyclic) bond motifs is 1. The van der Waals surface area contributed by atoms with Crippen molar-refractivity contribution in [3.63, 3.8) is 0 Å². The average molecular weight is 353 g/mol. The van der Waals surface area contributed by atoms with E-state index in [-0.39, 0.29) is 17.2 Å². The van der Waals surface area contributed by atoms with Gasteiger partial charge in [0.05, 0.1) is 5.56 Å². The zero-order valence-corrected chi connectivity index (χ0v) is 13.2. The summed E-state index contributed by atoms with van der Waals surface area (Å²) < 4.78 is 46.1. The van der Waals surface area contributed by atoms with E-state index in [1.165, 1.54) is 12.1 Å². The van der Waals surface area contributed by atoms with Gasteiger partial charge in [0.15, 0.2) is 11.5 Å². The maximum absolute atomic E-state index is 12.4. The van der Waals surface area contributed by atoms with Gasteiger partial charge in [0.25, 0.3) is 5.91 Å². The van der Waals surface area contributed by atoms with Crippen LogP contribution >= 0.6 is 0 Å². The lowest BCUT2D eigenvalue weighted by Crippen LogP contribution is -2.17. The van der Waals surface area contributed by atoms with Gasteiger partial charge in [0, 0.05) is 30.2 Å². The number of carbonyl (C=O) groups is 2. The van der Waals surface area contributed by atoms with E-state index in [9.17, 15) is 22.8 Å². The minimum atomic E-state index is -4.82. The number of carbonyl (C=O) groups excluding carboxylic acids is 2. The second-order valence-electron chi connectivity index (χ2n) is 5.66. The average Bonchev–Trinajstić information content (AvgIpc) is 2.84. The monoisotopic (exact) mass is 353 g/mol. The van der Waals surface area contributed by atoms with Crippen LogP contribution in [0.15, 0.2) is 28.7 Å². The number of halogens is 3. The summed E-state index contributed by atoms with van der Waals surface area (Å²) in [6, 6.07) is 4.91. The maximum atomic E-state index is 12.4. The molecule has 25 heavy (non-hydrogen) atoms. The van der Waals surface area contributed by atoms with Crippen molar-refractivity contribution in [2.24, 2.45) is 0 Å². The predicted octanol–water partition coefficient (Wildman–Crippen LogP) is 4.26. The third-order valence-electron chi connectivity index (χ3n) is 3.84. The van der Waals surface area contributed by atoms with Gasteiger partial charge in [-0.1, -0.05) is 6.07 Å². The third kappa shape index (κ3) is 3.67. The number of benzene rings is 1. The van der Waals surface area contributed by atoms with Crippen LogP contribution < -0.4 is 10.1 Å². The Morgan fingerprint density at radius 1 is 1.28 bits per heavy atom. The summed E-state index contributed by atoms with van der Waals surface area (Å²) in [5, 5.41) is 2.46. The molecule has 0 saturated carbocycles. The van der Waals surface area contributed by atoms with Crippen LogP contribution in [0.25, 0.3) is 0 Å². The number of ketones is 1. The summed E-state index contributed by atoms with van der Waals surface area (Å²) in [5.74, 6) is -0.683. The van der Waals surface area contributed by atoms with E-state index < -0.39 is 18.0 Å². The standard InChI is InChI=1S/C17H14F3NO4/c1-9-14-12(22)6-3-7-13(14)24-15(9)16(23)21-10-4-2-5-11(8-10)25-17(18,19)20/h2,4-5,8H,3,6-7H2,1H3,(H,21,23). The second kappa shape index (κ2) is 6.27. The van der Waals surface area contributed by atoms with Crippen LogP contribution in [0.1, 0.15) is 45.1 Å². The van der Waals surface area contributed by atoms with Crippen LogP contribution in [0, 0.1) is 6.92 Å². The van der Waals surface area contributed by atoms with Gasteiger partial charge in [0.2, 0.25) is 0 Å². The zero-order valence-electron chi connectivity index (χ0n) is 13.2. The lowest BCUT2D eigenvalue weighted by atomic mass is 9.94. The first-order chi connectivity index (χ1) is 11.7. The first-order valence-electron chi connectivity index (χ1n) is 7.57. The second-order valence-corrected chi connectivity index (χ2v) is 5.66. The highest BCUT2D eigenvalue weighted by molar-refractivity contribution is 6.07. The number of ether oxygens (including phenoxy) is 1. The Balaban J connectivity index is 1.82. The Labute approximate surface area is 140 Å². The predicted molar refractivity (Wildman–Crippen MR) is 81.8 cm³/mol. The van der Waals surface area contributed by atoms with E-state index in [1.54, 1.807) is 6.92 Å². The number of hydrogen-bond acceptors (Lipinski definition) is 4. The Morgan fingerprint density at radius 3 is 2.72 bits per heavy atom. The Bertz CT molecular complexity index is 839. The molecule has 1 heterocycles. The van der Waals surface area contributed by atoms with Gasteiger partial charge in [-0.3, -0.25) is 9.59 Å². The number of nitrogens with one attached hydrogen (secondary N) is 1. The third-order valence-corrected chi connectivity index (χ3v) is 3.84. The first kappa shape index (κ1) is 17.1. The molecular formula is C17H14F3NO4. The van der Waals surface area contributed by atoms with Gasteiger partial charge in [-0.2, -0.15) is 0 Å². The molecule has 0 atom stereocenters. The Kier molecular flexibility index (Phi) is 4.28. The topological polar surface area (TPSA) is 68.5 Å². The van der Waals surface area contributed by atoms with Gasteiger partial charge in [-0.25, -0.2) is 0 Å². The Hall–Kier alpha value is -2.77. The summed E-state index contributed by atoms with van der Waals surface area (Å²) in [4.78, 5) is 24.3. The highest BCUT2D eigenvalue weighted by atomic mass is 19.4. The molecule has 1 aliphatic carbocycles. The van der Waals surface area contributed by atoms with Crippen molar-refractivity contribution in [1.82, 2.24) is 0 Å². The molecule has 8 heteroatoms. The molecule has 1 amide bonds. The first-order valence-corrected chi connectivity index (χ1v) is 7.57. The van der Waals surface area contributed by atoms with Gasteiger partial charge in [-0.15, -0.1) is 13.2 Å². The van der Waals surface area contributed by atoms with E-state index in [1.807, 2.05) is 0 Å². The Morgan fingerprint density at radius 2 is 2.04 bits per heavy atom. The molecule has 1 aliphatic rings.